The van der Waals surface area contributed by atoms with Crippen molar-refractivity contribution in [3.05, 3.63) is 35.4 Å². The molecule has 1 aromatic carbocycles. The summed E-state index contributed by atoms with van der Waals surface area (Å²) >= 11 is 0. The number of fused-ring (bicyclic) bond motifs is 1. The van der Waals surface area contributed by atoms with Gasteiger partial charge in [-0.1, -0.05) is 56.9 Å². The number of nitrogens with two attached hydrogens (primary N) is 1. The highest BCUT2D eigenvalue weighted by molar-refractivity contribution is 5.34. The molecule has 1 heteroatoms. The van der Waals surface area contributed by atoms with Gasteiger partial charge in [0.2, 0.25) is 0 Å². The molecular weight excluding hydrogens is 206 g/mol. The number of hydrogen-bond acceptors (Lipinski definition) is 1. The minimum Gasteiger partial charge on any atom is -0.321 e. The Morgan fingerprint density at radius 1 is 1.18 bits per heavy atom. The van der Waals surface area contributed by atoms with Gasteiger partial charge in [-0.05, 0) is 36.8 Å². The molecule has 0 fully saturated rings. The summed E-state index contributed by atoms with van der Waals surface area (Å²) in [7, 11) is 0. The largest absolute Gasteiger partial charge is 0.321 e. The SMILES string of the molecule is CCCCCC1(N)CCCCc2ccccc21. The first kappa shape index (κ1) is 12.6. The Bertz CT molecular complexity index is 358. The predicted octanol–water partition coefficient (Wildman–Crippen LogP) is 4.15. The van der Waals surface area contributed by atoms with Gasteiger partial charge in [0.25, 0.3) is 0 Å². The van der Waals surface area contributed by atoms with E-state index >= 15 is 0 Å². The van der Waals surface area contributed by atoms with Crippen molar-refractivity contribution in [2.75, 3.05) is 0 Å². The van der Waals surface area contributed by atoms with Crippen molar-refractivity contribution in [3.8, 4) is 0 Å². The Kier molecular flexibility index (Phi) is 4.22. The lowest BCUT2D eigenvalue weighted by atomic mass is 9.81. The zero-order valence-electron chi connectivity index (χ0n) is 11.0. The molecule has 1 aliphatic carbocycles. The molecule has 0 saturated carbocycles. The van der Waals surface area contributed by atoms with Gasteiger partial charge >= 0.3 is 0 Å². The summed E-state index contributed by atoms with van der Waals surface area (Å²) in [5.74, 6) is 0. The molecule has 0 bridgehead atoms. The Morgan fingerprint density at radius 3 is 2.82 bits per heavy atom. The number of hydrogen-bond donors (Lipinski definition) is 1. The summed E-state index contributed by atoms with van der Waals surface area (Å²) in [6, 6.07) is 8.82. The van der Waals surface area contributed by atoms with Crippen LogP contribution in [0.1, 0.15) is 63.0 Å². The van der Waals surface area contributed by atoms with Crippen molar-refractivity contribution in [3.63, 3.8) is 0 Å². The molecule has 0 amide bonds. The number of rotatable bonds is 4. The Morgan fingerprint density at radius 2 is 2.00 bits per heavy atom. The first-order valence-electron chi connectivity index (χ1n) is 7.13. The van der Waals surface area contributed by atoms with Crippen LogP contribution in [0.4, 0.5) is 0 Å². The summed E-state index contributed by atoms with van der Waals surface area (Å²) in [6.07, 6.45) is 9.94. The highest BCUT2D eigenvalue weighted by Gasteiger charge is 2.30. The molecule has 0 aliphatic heterocycles. The first-order chi connectivity index (χ1) is 8.26. The average Bonchev–Trinajstić information content (AvgIpc) is 2.51. The molecule has 0 radical (unpaired) electrons. The zero-order chi connectivity index (χ0) is 12.1. The smallest absolute Gasteiger partial charge is 0.0412 e. The fourth-order valence-corrected chi connectivity index (χ4v) is 3.06. The molecule has 2 rings (SSSR count). The van der Waals surface area contributed by atoms with Crippen LogP contribution in [0.2, 0.25) is 0 Å². The van der Waals surface area contributed by atoms with E-state index in [1.165, 1.54) is 49.7 Å². The summed E-state index contributed by atoms with van der Waals surface area (Å²) in [6.45, 7) is 2.25. The highest BCUT2D eigenvalue weighted by Crippen LogP contribution is 2.35. The lowest BCUT2D eigenvalue weighted by molar-refractivity contribution is 0.357. The van der Waals surface area contributed by atoms with Crippen LogP contribution < -0.4 is 5.73 Å². The summed E-state index contributed by atoms with van der Waals surface area (Å²) in [5, 5.41) is 0. The van der Waals surface area contributed by atoms with Crippen molar-refractivity contribution >= 4 is 0 Å². The van der Waals surface area contributed by atoms with Crippen molar-refractivity contribution in [2.45, 2.75) is 63.8 Å². The third-order valence-electron chi connectivity index (χ3n) is 4.10. The van der Waals surface area contributed by atoms with E-state index < -0.39 is 0 Å². The van der Waals surface area contributed by atoms with Crippen LogP contribution in [-0.2, 0) is 12.0 Å². The maximum absolute atomic E-state index is 6.71. The van der Waals surface area contributed by atoms with E-state index in [0.29, 0.717) is 0 Å². The second-order valence-electron chi connectivity index (χ2n) is 5.48. The summed E-state index contributed by atoms with van der Waals surface area (Å²) < 4.78 is 0. The maximum Gasteiger partial charge on any atom is 0.0412 e. The van der Waals surface area contributed by atoms with Crippen LogP contribution in [0.25, 0.3) is 0 Å². The van der Waals surface area contributed by atoms with Gasteiger partial charge in [-0.15, -0.1) is 0 Å². The van der Waals surface area contributed by atoms with Crippen LogP contribution in [0.5, 0.6) is 0 Å². The molecule has 0 aromatic heterocycles. The molecule has 0 saturated heterocycles. The third-order valence-corrected chi connectivity index (χ3v) is 4.10. The van der Waals surface area contributed by atoms with E-state index in [0.717, 1.165) is 12.8 Å². The molecule has 1 atom stereocenters. The fourth-order valence-electron chi connectivity index (χ4n) is 3.06. The third kappa shape index (κ3) is 2.90. The van der Waals surface area contributed by atoms with Gasteiger partial charge < -0.3 is 5.73 Å². The van der Waals surface area contributed by atoms with Crippen LogP contribution in [-0.4, -0.2) is 0 Å². The first-order valence-corrected chi connectivity index (χ1v) is 7.13. The van der Waals surface area contributed by atoms with Gasteiger partial charge in [-0.3, -0.25) is 0 Å². The topological polar surface area (TPSA) is 26.0 Å². The van der Waals surface area contributed by atoms with Gasteiger partial charge in [-0.25, -0.2) is 0 Å². The number of unbranched alkanes of at least 4 members (excludes halogenated alkanes) is 2. The zero-order valence-corrected chi connectivity index (χ0v) is 11.0. The fraction of sp³-hybridized carbons (Fsp3) is 0.625. The Hall–Kier alpha value is -0.820. The monoisotopic (exact) mass is 231 g/mol. The van der Waals surface area contributed by atoms with Gasteiger partial charge in [0.05, 0.1) is 0 Å². The molecule has 1 aliphatic rings. The van der Waals surface area contributed by atoms with Crippen LogP contribution >= 0.6 is 0 Å². The lowest BCUT2D eigenvalue weighted by Crippen LogP contribution is -2.36. The lowest BCUT2D eigenvalue weighted by Gasteiger charge is -2.30. The molecule has 2 N–H and O–H groups in total. The van der Waals surface area contributed by atoms with Gasteiger partial charge in [0, 0.05) is 5.54 Å². The molecule has 0 spiro atoms. The second kappa shape index (κ2) is 5.68. The van der Waals surface area contributed by atoms with Crippen LogP contribution in [0.3, 0.4) is 0 Å². The van der Waals surface area contributed by atoms with Crippen molar-refractivity contribution in [1.29, 1.82) is 0 Å². The molecule has 1 unspecified atom stereocenters. The molecule has 17 heavy (non-hydrogen) atoms. The average molecular weight is 231 g/mol. The number of benzene rings is 1. The normalized spacial score (nSPS) is 24.1. The van der Waals surface area contributed by atoms with E-state index in [4.69, 9.17) is 5.73 Å². The van der Waals surface area contributed by atoms with Crippen LogP contribution in [0, 0.1) is 0 Å². The quantitative estimate of drug-likeness (QED) is 0.611. The van der Waals surface area contributed by atoms with Gasteiger partial charge in [0.15, 0.2) is 0 Å². The van der Waals surface area contributed by atoms with E-state index in [9.17, 15) is 0 Å². The molecule has 94 valence electrons. The van der Waals surface area contributed by atoms with E-state index in [1.807, 2.05) is 0 Å². The highest BCUT2D eigenvalue weighted by atomic mass is 14.7. The van der Waals surface area contributed by atoms with Crippen LogP contribution in [0.15, 0.2) is 24.3 Å². The molecular formula is C16H25N. The second-order valence-corrected chi connectivity index (χ2v) is 5.48. The minimum atomic E-state index is -0.0533. The summed E-state index contributed by atoms with van der Waals surface area (Å²) in [4.78, 5) is 0. The molecule has 1 nitrogen and oxygen atoms in total. The Labute approximate surface area is 105 Å². The summed E-state index contributed by atoms with van der Waals surface area (Å²) in [5.41, 5.74) is 9.57. The minimum absolute atomic E-state index is 0.0533. The van der Waals surface area contributed by atoms with E-state index in [-0.39, 0.29) is 5.54 Å². The van der Waals surface area contributed by atoms with E-state index in [1.54, 1.807) is 0 Å². The predicted molar refractivity (Wildman–Crippen MR) is 74.0 cm³/mol. The number of aryl methyl sites for hydroxylation is 1. The molecule has 0 heterocycles. The van der Waals surface area contributed by atoms with Gasteiger partial charge in [-0.2, -0.15) is 0 Å². The van der Waals surface area contributed by atoms with Crippen molar-refractivity contribution < 1.29 is 0 Å². The van der Waals surface area contributed by atoms with Gasteiger partial charge in [0.1, 0.15) is 0 Å². The maximum atomic E-state index is 6.71. The van der Waals surface area contributed by atoms with E-state index in [2.05, 4.69) is 31.2 Å². The Balaban J connectivity index is 2.20. The molecule has 1 aromatic rings. The standard InChI is InChI=1S/C16H25N/c1-2-3-7-12-16(17)13-8-6-10-14-9-4-5-11-15(14)16/h4-5,9,11H,2-3,6-8,10,12-13,17H2,1H3. The van der Waals surface area contributed by atoms with Crippen molar-refractivity contribution in [1.82, 2.24) is 0 Å². The van der Waals surface area contributed by atoms with Crippen molar-refractivity contribution in [2.24, 2.45) is 5.73 Å².